The molecule has 0 radical (unpaired) electrons. The van der Waals surface area contributed by atoms with Crippen molar-refractivity contribution in [1.82, 2.24) is 9.71 Å². The Morgan fingerprint density at radius 2 is 1.92 bits per heavy atom. The van der Waals surface area contributed by atoms with Crippen molar-refractivity contribution in [2.45, 2.75) is 17.9 Å². The Hall–Kier alpha value is -2.16. The molecule has 0 saturated heterocycles. The minimum Gasteiger partial charge on any atom is -0.480 e. The van der Waals surface area contributed by atoms with Crippen molar-refractivity contribution in [3.8, 4) is 5.88 Å². The topological polar surface area (TPSA) is 97.4 Å². The van der Waals surface area contributed by atoms with Crippen molar-refractivity contribution in [1.29, 1.82) is 0 Å². The molecule has 0 aliphatic carbocycles. The van der Waals surface area contributed by atoms with E-state index in [9.17, 15) is 13.2 Å². The van der Waals surface area contributed by atoms with Gasteiger partial charge in [0.1, 0.15) is 5.69 Å². The summed E-state index contributed by atoms with van der Waals surface area (Å²) in [6.45, 7) is 1.44. The van der Waals surface area contributed by atoms with Crippen molar-refractivity contribution in [2.24, 2.45) is 0 Å². The smallest absolute Gasteiger partial charge is 0.242 e. The van der Waals surface area contributed by atoms with Crippen molar-refractivity contribution >= 4 is 33.2 Å². The second-order valence-corrected chi connectivity index (χ2v) is 7.00. The number of hydrogen-bond donors (Lipinski definition) is 2. The standard InChI is InChI=1S/C15H16ClN3O4S/c1-10(14(20)18-13-4-3-9-17-15(13)23-2)19-24(21,22)12-7-5-11(16)6-8-12/h3-10,19H,1-2H3,(H,18,20)/t10-/m0/s1. The van der Waals surface area contributed by atoms with Crippen LogP contribution in [0.3, 0.4) is 0 Å². The molecule has 0 saturated carbocycles. The second kappa shape index (κ2) is 7.61. The fourth-order valence-electron chi connectivity index (χ4n) is 1.86. The highest BCUT2D eigenvalue weighted by Gasteiger charge is 2.22. The number of aromatic nitrogens is 1. The van der Waals surface area contributed by atoms with Crippen LogP contribution in [0.2, 0.25) is 5.02 Å². The average Bonchev–Trinajstić information content (AvgIpc) is 2.55. The number of amides is 1. The van der Waals surface area contributed by atoms with Gasteiger partial charge < -0.3 is 10.1 Å². The highest BCUT2D eigenvalue weighted by atomic mass is 35.5. The van der Waals surface area contributed by atoms with Crippen LogP contribution in [0.5, 0.6) is 5.88 Å². The lowest BCUT2D eigenvalue weighted by atomic mass is 10.3. The van der Waals surface area contributed by atoms with Crippen LogP contribution in [0.4, 0.5) is 5.69 Å². The van der Waals surface area contributed by atoms with E-state index in [-0.39, 0.29) is 10.8 Å². The molecule has 7 nitrogen and oxygen atoms in total. The van der Waals surface area contributed by atoms with Crippen LogP contribution in [0.1, 0.15) is 6.92 Å². The lowest BCUT2D eigenvalue weighted by Gasteiger charge is -2.15. The van der Waals surface area contributed by atoms with E-state index in [4.69, 9.17) is 16.3 Å². The van der Waals surface area contributed by atoms with Gasteiger partial charge in [-0.25, -0.2) is 13.4 Å². The fourth-order valence-corrected chi connectivity index (χ4v) is 3.19. The van der Waals surface area contributed by atoms with Crippen LogP contribution < -0.4 is 14.8 Å². The number of anilines is 1. The Kier molecular flexibility index (Phi) is 5.76. The minimum atomic E-state index is -3.85. The van der Waals surface area contributed by atoms with Crippen LogP contribution in [-0.2, 0) is 14.8 Å². The van der Waals surface area contributed by atoms with Gasteiger partial charge in [-0.3, -0.25) is 4.79 Å². The molecule has 1 atom stereocenters. The molecule has 1 amide bonds. The molecule has 9 heteroatoms. The van der Waals surface area contributed by atoms with E-state index in [0.717, 1.165) is 0 Å². The molecule has 2 aromatic rings. The normalized spacial score (nSPS) is 12.5. The third-order valence-corrected chi connectivity index (χ3v) is 4.88. The van der Waals surface area contributed by atoms with Gasteiger partial charge in [-0.05, 0) is 43.3 Å². The number of carbonyl (C=O) groups is 1. The first-order chi connectivity index (χ1) is 11.3. The van der Waals surface area contributed by atoms with Crippen LogP contribution in [0, 0.1) is 0 Å². The minimum absolute atomic E-state index is 0.0190. The van der Waals surface area contributed by atoms with Gasteiger partial charge in [0.15, 0.2) is 0 Å². The number of nitrogens with one attached hydrogen (secondary N) is 2. The van der Waals surface area contributed by atoms with Crippen molar-refractivity contribution in [3.63, 3.8) is 0 Å². The van der Waals surface area contributed by atoms with Gasteiger partial charge >= 0.3 is 0 Å². The van der Waals surface area contributed by atoms with E-state index in [0.29, 0.717) is 10.7 Å². The lowest BCUT2D eigenvalue weighted by molar-refractivity contribution is -0.117. The van der Waals surface area contributed by atoms with E-state index in [1.165, 1.54) is 44.5 Å². The molecule has 0 unspecified atom stereocenters. The molecule has 1 heterocycles. The molecule has 0 spiro atoms. The zero-order valence-electron chi connectivity index (χ0n) is 13.0. The number of halogens is 1. The number of benzene rings is 1. The molecule has 1 aromatic carbocycles. The lowest BCUT2D eigenvalue weighted by Crippen LogP contribution is -2.41. The number of pyridine rings is 1. The molecule has 1 aromatic heterocycles. The Morgan fingerprint density at radius 3 is 2.54 bits per heavy atom. The van der Waals surface area contributed by atoms with Gasteiger partial charge in [0.25, 0.3) is 0 Å². The summed E-state index contributed by atoms with van der Waals surface area (Å²) in [5.74, 6) is -0.308. The highest BCUT2D eigenvalue weighted by Crippen LogP contribution is 2.20. The molecule has 2 N–H and O–H groups in total. The van der Waals surface area contributed by atoms with Gasteiger partial charge in [0.2, 0.25) is 21.8 Å². The molecule has 0 fully saturated rings. The second-order valence-electron chi connectivity index (χ2n) is 4.85. The molecular weight excluding hydrogens is 354 g/mol. The maximum Gasteiger partial charge on any atom is 0.242 e. The van der Waals surface area contributed by atoms with E-state index < -0.39 is 22.0 Å². The van der Waals surface area contributed by atoms with Crippen molar-refractivity contribution in [2.75, 3.05) is 12.4 Å². The Morgan fingerprint density at radius 1 is 1.25 bits per heavy atom. The van der Waals surface area contributed by atoms with Crippen molar-refractivity contribution in [3.05, 3.63) is 47.6 Å². The van der Waals surface area contributed by atoms with Crippen LogP contribution in [0.15, 0.2) is 47.5 Å². The number of rotatable bonds is 6. The first kappa shape index (κ1) is 18.2. The van der Waals surface area contributed by atoms with Crippen LogP contribution in [0.25, 0.3) is 0 Å². The number of methoxy groups -OCH3 is 1. The molecular formula is C15H16ClN3O4S. The van der Waals surface area contributed by atoms with Crippen LogP contribution in [-0.4, -0.2) is 32.5 Å². The van der Waals surface area contributed by atoms with Crippen molar-refractivity contribution < 1.29 is 17.9 Å². The zero-order chi connectivity index (χ0) is 17.7. The van der Waals surface area contributed by atoms with E-state index in [1.54, 1.807) is 12.1 Å². The summed E-state index contributed by atoms with van der Waals surface area (Å²) in [6, 6.07) is 7.86. The van der Waals surface area contributed by atoms with Gasteiger partial charge in [-0.15, -0.1) is 0 Å². The molecule has 2 rings (SSSR count). The summed E-state index contributed by atoms with van der Waals surface area (Å²) in [6.07, 6.45) is 1.52. The third-order valence-electron chi connectivity index (χ3n) is 3.07. The first-order valence-corrected chi connectivity index (χ1v) is 8.77. The first-order valence-electron chi connectivity index (χ1n) is 6.91. The number of carbonyl (C=O) groups excluding carboxylic acids is 1. The highest BCUT2D eigenvalue weighted by molar-refractivity contribution is 7.89. The number of sulfonamides is 1. The Bertz CT molecular complexity index is 825. The maximum atomic E-state index is 12.3. The summed E-state index contributed by atoms with van der Waals surface area (Å²) >= 11 is 5.74. The van der Waals surface area contributed by atoms with Gasteiger partial charge in [-0.1, -0.05) is 11.6 Å². The monoisotopic (exact) mass is 369 g/mol. The summed E-state index contributed by atoms with van der Waals surface area (Å²) in [4.78, 5) is 16.2. The predicted molar refractivity (Wildman–Crippen MR) is 90.7 cm³/mol. The third kappa shape index (κ3) is 4.44. The molecule has 0 aliphatic heterocycles. The maximum absolute atomic E-state index is 12.3. The summed E-state index contributed by atoms with van der Waals surface area (Å²) < 4.78 is 31.9. The zero-order valence-corrected chi connectivity index (χ0v) is 14.6. The molecule has 24 heavy (non-hydrogen) atoms. The van der Waals surface area contributed by atoms with Crippen LogP contribution >= 0.6 is 11.6 Å². The average molecular weight is 370 g/mol. The van der Waals surface area contributed by atoms with E-state index >= 15 is 0 Å². The summed E-state index contributed by atoms with van der Waals surface area (Å²) in [5.41, 5.74) is 0.350. The van der Waals surface area contributed by atoms with Gasteiger partial charge in [0.05, 0.1) is 18.0 Å². The summed E-state index contributed by atoms with van der Waals surface area (Å²) in [7, 11) is -2.42. The number of nitrogens with zero attached hydrogens (tertiary/aromatic N) is 1. The Labute approximate surface area is 145 Å². The number of ether oxygens (including phenoxy) is 1. The number of hydrogen-bond acceptors (Lipinski definition) is 5. The fraction of sp³-hybridized carbons (Fsp3) is 0.200. The largest absolute Gasteiger partial charge is 0.480 e. The SMILES string of the molecule is COc1ncccc1NC(=O)[C@H](C)NS(=O)(=O)c1ccc(Cl)cc1. The van der Waals surface area contributed by atoms with E-state index in [1.807, 2.05) is 0 Å². The van der Waals surface area contributed by atoms with E-state index in [2.05, 4.69) is 15.0 Å². The van der Waals surface area contributed by atoms with Gasteiger partial charge in [-0.2, -0.15) is 4.72 Å². The predicted octanol–water partition coefficient (Wildman–Crippen LogP) is 2.05. The Balaban J connectivity index is 2.09. The quantitative estimate of drug-likeness (QED) is 0.812. The summed E-state index contributed by atoms with van der Waals surface area (Å²) in [5, 5.41) is 2.99. The molecule has 0 bridgehead atoms. The van der Waals surface area contributed by atoms with Gasteiger partial charge in [0, 0.05) is 11.2 Å². The molecule has 128 valence electrons. The molecule has 0 aliphatic rings.